The zero-order valence-electron chi connectivity index (χ0n) is 12.7. The van der Waals surface area contributed by atoms with Crippen LogP contribution in [0.3, 0.4) is 0 Å². The highest BCUT2D eigenvalue weighted by Gasteiger charge is 2.27. The molecule has 0 aliphatic carbocycles. The van der Waals surface area contributed by atoms with Crippen LogP contribution in [0, 0.1) is 5.82 Å². The molecule has 0 bridgehead atoms. The van der Waals surface area contributed by atoms with Crippen LogP contribution < -0.4 is 5.32 Å². The van der Waals surface area contributed by atoms with Gasteiger partial charge in [-0.2, -0.15) is 0 Å². The molecule has 2 aromatic carbocycles. The van der Waals surface area contributed by atoms with Crippen molar-refractivity contribution in [1.29, 1.82) is 0 Å². The number of allylic oxidation sites excluding steroid dienone is 1. The molecule has 0 radical (unpaired) electrons. The number of ketones is 1. The lowest BCUT2D eigenvalue weighted by atomic mass is 9.85. The quantitative estimate of drug-likeness (QED) is 0.671. The van der Waals surface area contributed by atoms with Gasteiger partial charge >= 0.3 is 0 Å². The van der Waals surface area contributed by atoms with Crippen molar-refractivity contribution in [2.45, 2.75) is 25.8 Å². The van der Waals surface area contributed by atoms with Gasteiger partial charge in [-0.25, -0.2) is 4.39 Å². The molecular weight excluding hydrogens is 277 g/mol. The van der Waals surface area contributed by atoms with Crippen molar-refractivity contribution in [2.24, 2.45) is 0 Å². The van der Waals surface area contributed by atoms with Crippen LogP contribution in [0.2, 0.25) is 0 Å². The number of carbonyl (C=O) groups is 1. The van der Waals surface area contributed by atoms with Crippen LogP contribution in [0.5, 0.6) is 0 Å². The van der Waals surface area contributed by atoms with Crippen molar-refractivity contribution < 1.29 is 9.18 Å². The highest BCUT2D eigenvalue weighted by molar-refractivity contribution is 6.08. The summed E-state index contributed by atoms with van der Waals surface area (Å²) in [5.74, 6) is -0.601. The minimum Gasteiger partial charge on any atom is -0.379 e. The second kappa shape index (κ2) is 5.41. The van der Waals surface area contributed by atoms with Crippen LogP contribution in [0.25, 0.3) is 5.70 Å². The lowest BCUT2D eigenvalue weighted by molar-refractivity contribution is 0.104. The number of carbonyl (C=O) groups excluding carboxylic acids is 1. The molecule has 0 spiro atoms. The Bertz CT molecular complexity index is 762. The summed E-state index contributed by atoms with van der Waals surface area (Å²) in [4.78, 5) is 12.4. The van der Waals surface area contributed by atoms with E-state index in [0.717, 1.165) is 17.7 Å². The molecule has 22 heavy (non-hydrogen) atoms. The van der Waals surface area contributed by atoms with E-state index in [0.29, 0.717) is 5.56 Å². The van der Waals surface area contributed by atoms with Crippen LogP contribution >= 0.6 is 0 Å². The number of benzene rings is 2. The first-order chi connectivity index (χ1) is 10.4. The highest BCUT2D eigenvalue weighted by Crippen LogP contribution is 2.29. The van der Waals surface area contributed by atoms with E-state index in [1.165, 1.54) is 17.7 Å². The second-order valence-corrected chi connectivity index (χ2v) is 6.28. The lowest BCUT2D eigenvalue weighted by Gasteiger charge is -2.35. The number of rotatable bonds is 2. The third-order valence-electron chi connectivity index (χ3n) is 3.80. The van der Waals surface area contributed by atoms with E-state index in [-0.39, 0.29) is 11.3 Å². The molecule has 0 aromatic heterocycles. The van der Waals surface area contributed by atoms with Gasteiger partial charge in [0.15, 0.2) is 5.78 Å². The number of halogens is 1. The largest absolute Gasteiger partial charge is 0.379 e. The van der Waals surface area contributed by atoms with Gasteiger partial charge in [0.25, 0.3) is 0 Å². The summed E-state index contributed by atoms with van der Waals surface area (Å²) < 4.78 is 13.3. The van der Waals surface area contributed by atoms with E-state index < -0.39 is 5.82 Å². The van der Waals surface area contributed by atoms with Crippen LogP contribution in [0.4, 0.5) is 4.39 Å². The van der Waals surface area contributed by atoms with Gasteiger partial charge in [-0.15, -0.1) is 0 Å². The van der Waals surface area contributed by atoms with E-state index >= 15 is 0 Å². The monoisotopic (exact) mass is 295 g/mol. The lowest BCUT2D eigenvalue weighted by Crippen LogP contribution is -2.43. The molecule has 0 atom stereocenters. The Morgan fingerprint density at radius 3 is 2.73 bits per heavy atom. The van der Waals surface area contributed by atoms with Crippen LogP contribution in [-0.4, -0.2) is 11.3 Å². The first kappa shape index (κ1) is 14.5. The predicted molar refractivity (Wildman–Crippen MR) is 86.1 cm³/mol. The second-order valence-electron chi connectivity index (χ2n) is 6.28. The Morgan fingerprint density at radius 1 is 1.18 bits per heavy atom. The number of nitrogens with one attached hydrogen (secondary N) is 1. The van der Waals surface area contributed by atoms with Gasteiger partial charge in [0.1, 0.15) is 5.82 Å². The molecule has 0 amide bonds. The summed E-state index contributed by atoms with van der Waals surface area (Å²) in [5.41, 5.74) is 3.27. The third kappa shape index (κ3) is 2.93. The van der Waals surface area contributed by atoms with Crippen LogP contribution in [-0.2, 0) is 6.42 Å². The molecule has 0 fully saturated rings. The first-order valence-electron chi connectivity index (χ1n) is 7.33. The Balaban J connectivity index is 2.01. The standard InChI is InChI=1S/C19H18FNO/c1-19(2)12-14-6-3-4-9-16(14)17(21-19)11-18(22)13-7-5-8-15(20)10-13/h3-11,21H,12H2,1-2H3. The van der Waals surface area contributed by atoms with Crippen molar-refractivity contribution in [3.63, 3.8) is 0 Å². The summed E-state index contributed by atoms with van der Waals surface area (Å²) in [6.45, 7) is 4.20. The Morgan fingerprint density at radius 2 is 1.95 bits per heavy atom. The predicted octanol–water partition coefficient (Wildman–Crippen LogP) is 3.97. The molecule has 112 valence electrons. The Kier molecular flexibility index (Phi) is 3.57. The summed E-state index contributed by atoms with van der Waals surface area (Å²) in [6.07, 6.45) is 2.46. The molecule has 0 saturated heterocycles. The smallest absolute Gasteiger partial charge is 0.188 e. The van der Waals surface area contributed by atoms with Crippen molar-refractivity contribution in [2.75, 3.05) is 0 Å². The van der Waals surface area contributed by atoms with Crippen molar-refractivity contribution in [3.8, 4) is 0 Å². The first-order valence-corrected chi connectivity index (χ1v) is 7.33. The summed E-state index contributed by atoms with van der Waals surface area (Å²) >= 11 is 0. The van der Waals surface area contributed by atoms with Crippen LogP contribution in [0.15, 0.2) is 54.6 Å². The zero-order chi connectivity index (χ0) is 15.7. The average molecular weight is 295 g/mol. The van der Waals surface area contributed by atoms with Crippen molar-refractivity contribution in [1.82, 2.24) is 5.32 Å². The molecule has 2 aromatic rings. The summed E-state index contributed by atoms with van der Waals surface area (Å²) in [5, 5.41) is 3.41. The van der Waals surface area contributed by atoms with E-state index in [4.69, 9.17) is 0 Å². The topological polar surface area (TPSA) is 29.1 Å². The maximum atomic E-state index is 13.3. The zero-order valence-corrected chi connectivity index (χ0v) is 12.7. The SMILES string of the molecule is CC1(C)Cc2ccccc2C(=CC(=O)c2cccc(F)c2)N1. The van der Waals surface area contributed by atoms with Gasteiger partial charge in [-0.05, 0) is 38.0 Å². The van der Waals surface area contributed by atoms with Crippen molar-refractivity contribution >= 4 is 11.5 Å². The highest BCUT2D eigenvalue weighted by atomic mass is 19.1. The molecule has 1 aliphatic heterocycles. The maximum Gasteiger partial charge on any atom is 0.188 e. The molecule has 0 unspecified atom stereocenters. The van der Waals surface area contributed by atoms with E-state index in [1.807, 2.05) is 18.2 Å². The van der Waals surface area contributed by atoms with Crippen molar-refractivity contribution in [3.05, 3.63) is 77.1 Å². The van der Waals surface area contributed by atoms with Gasteiger partial charge in [-0.1, -0.05) is 36.4 Å². The number of fused-ring (bicyclic) bond motifs is 1. The van der Waals surface area contributed by atoms with Crippen LogP contribution in [0.1, 0.15) is 35.3 Å². The van der Waals surface area contributed by atoms with Gasteiger partial charge in [0.2, 0.25) is 0 Å². The van der Waals surface area contributed by atoms with Gasteiger partial charge in [-0.3, -0.25) is 4.79 Å². The molecular formula is C19H18FNO. The van der Waals surface area contributed by atoms with Gasteiger partial charge in [0, 0.05) is 28.4 Å². The van der Waals surface area contributed by atoms with E-state index in [2.05, 4.69) is 25.2 Å². The Labute approximate surface area is 129 Å². The molecule has 3 heteroatoms. The molecule has 1 N–H and O–H groups in total. The molecule has 1 heterocycles. The maximum absolute atomic E-state index is 13.3. The molecule has 0 saturated carbocycles. The Hall–Kier alpha value is -2.42. The summed E-state index contributed by atoms with van der Waals surface area (Å²) in [6, 6.07) is 13.8. The van der Waals surface area contributed by atoms with E-state index in [9.17, 15) is 9.18 Å². The molecule has 3 rings (SSSR count). The van der Waals surface area contributed by atoms with Gasteiger partial charge in [0.05, 0.1) is 0 Å². The van der Waals surface area contributed by atoms with Gasteiger partial charge < -0.3 is 5.32 Å². The fraction of sp³-hybridized carbons (Fsp3) is 0.211. The summed E-state index contributed by atoms with van der Waals surface area (Å²) in [7, 11) is 0. The number of hydrogen-bond donors (Lipinski definition) is 1. The fourth-order valence-corrected chi connectivity index (χ4v) is 2.86. The molecule has 1 aliphatic rings. The minimum atomic E-state index is -0.401. The fourth-order valence-electron chi connectivity index (χ4n) is 2.86. The van der Waals surface area contributed by atoms with E-state index in [1.54, 1.807) is 18.2 Å². The average Bonchev–Trinajstić information content (AvgIpc) is 2.46. The minimum absolute atomic E-state index is 0.123. The third-order valence-corrected chi connectivity index (χ3v) is 3.80. The normalized spacial score (nSPS) is 17.7. The molecule has 2 nitrogen and oxygen atoms in total. The number of hydrogen-bond acceptors (Lipinski definition) is 2.